The normalized spacial score (nSPS) is 17.9. The Morgan fingerprint density at radius 1 is 1.00 bits per heavy atom. The first-order valence-corrected chi connectivity index (χ1v) is 11.1. The third-order valence-corrected chi connectivity index (χ3v) is 6.42. The van der Waals surface area contributed by atoms with Gasteiger partial charge in [-0.05, 0) is 86.2 Å². The van der Waals surface area contributed by atoms with Crippen molar-refractivity contribution in [2.75, 3.05) is 4.90 Å². The molecule has 1 fully saturated rings. The molecule has 5 nitrogen and oxygen atoms in total. The minimum absolute atomic E-state index is 0.215. The van der Waals surface area contributed by atoms with Gasteiger partial charge >= 0.3 is 0 Å². The molecule has 5 rings (SSSR count). The molecule has 33 heavy (non-hydrogen) atoms. The van der Waals surface area contributed by atoms with Crippen LogP contribution in [0, 0.1) is 19.7 Å². The second kappa shape index (κ2) is 8.33. The van der Waals surface area contributed by atoms with E-state index in [4.69, 9.17) is 12.2 Å². The second-order valence-corrected chi connectivity index (χ2v) is 8.51. The lowest BCUT2D eigenvalue weighted by atomic mass is 9.96. The Hall–Kier alpha value is -3.71. The average Bonchev–Trinajstić information content (AvgIpc) is 3.31. The van der Waals surface area contributed by atoms with E-state index >= 15 is 0 Å². The molecule has 0 aliphatic carbocycles. The zero-order valence-electron chi connectivity index (χ0n) is 18.2. The number of hydrogen-bond acceptors (Lipinski definition) is 3. The largest absolute Gasteiger partial charge is 0.508 e. The molecule has 1 saturated heterocycles. The van der Waals surface area contributed by atoms with E-state index in [0.29, 0.717) is 10.8 Å². The number of rotatable bonds is 4. The number of aromatic nitrogens is 2. The van der Waals surface area contributed by atoms with Crippen molar-refractivity contribution in [1.29, 1.82) is 0 Å². The Morgan fingerprint density at radius 3 is 2.42 bits per heavy atom. The van der Waals surface area contributed by atoms with E-state index in [0.717, 1.165) is 28.3 Å². The summed E-state index contributed by atoms with van der Waals surface area (Å²) in [6.07, 6.45) is 1.75. The van der Waals surface area contributed by atoms with Crippen molar-refractivity contribution in [2.45, 2.75) is 25.9 Å². The molecule has 2 atom stereocenters. The van der Waals surface area contributed by atoms with Gasteiger partial charge in [0.1, 0.15) is 11.6 Å². The molecule has 0 bridgehead atoms. The first-order chi connectivity index (χ1) is 16.0. The Morgan fingerprint density at radius 2 is 1.73 bits per heavy atom. The molecule has 4 aromatic rings. The van der Waals surface area contributed by atoms with Crippen molar-refractivity contribution < 1.29 is 9.50 Å². The molecular weight excluding hydrogens is 435 g/mol. The summed E-state index contributed by atoms with van der Waals surface area (Å²) >= 11 is 5.71. The summed E-state index contributed by atoms with van der Waals surface area (Å²) in [5, 5.41) is 13.6. The lowest BCUT2D eigenvalue weighted by Gasteiger charge is -2.28. The van der Waals surface area contributed by atoms with Gasteiger partial charge in [-0.25, -0.2) is 4.39 Å². The van der Waals surface area contributed by atoms with Crippen molar-refractivity contribution in [3.8, 4) is 11.4 Å². The number of hydrogen-bond donors (Lipinski definition) is 2. The molecule has 7 heteroatoms. The molecular formula is C26H23FN4OS. The highest BCUT2D eigenvalue weighted by molar-refractivity contribution is 7.80. The lowest BCUT2D eigenvalue weighted by Crippen LogP contribution is -2.30. The molecule has 2 aromatic heterocycles. The quantitative estimate of drug-likeness (QED) is 0.395. The van der Waals surface area contributed by atoms with Crippen molar-refractivity contribution in [3.05, 3.63) is 107 Å². The smallest absolute Gasteiger partial charge is 0.174 e. The summed E-state index contributed by atoms with van der Waals surface area (Å²) < 4.78 is 17.1. The number of anilines is 1. The highest BCUT2D eigenvalue weighted by atomic mass is 32.1. The molecule has 2 aromatic carbocycles. The fraction of sp³-hybridized carbons (Fsp3) is 0.154. The minimum Gasteiger partial charge on any atom is -0.508 e. The zero-order valence-corrected chi connectivity index (χ0v) is 19.1. The second-order valence-electron chi connectivity index (χ2n) is 8.13. The third-order valence-electron chi connectivity index (χ3n) is 6.11. The molecule has 0 unspecified atom stereocenters. The Kier molecular flexibility index (Phi) is 5.34. The molecule has 2 N–H and O–H groups in total. The number of phenols is 1. The van der Waals surface area contributed by atoms with E-state index in [1.54, 1.807) is 30.5 Å². The van der Waals surface area contributed by atoms with E-state index in [1.165, 1.54) is 6.07 Å². The van der Waals surface area contributed by atoms with Crippen molar-refractivity contribution in [2.24, 2.45) is 0 Å². The third kappa shape index (κ3) is 3.64. The van der Waals surface area contributed by atoms with Crippen molar-refractivity contribution >= 4 is 23.0 Å². The molecule has 166 valence electrons. The number of nitrogens with zero attached hydrogens (tertiary/aromatic N) is 3. The fourth-order valence-electron chi connectivity index (χ4n) is 4.66. The van der Waals surface area contributed by atoms with E-state index in [-0.39, 0.29) is 23.7 Å². The van der Waals surface area contributed by atoms with Crippen molar-refractivity contribution in [3.63, 3.8) is 0 Å². The first-order valence-electron chi connectivity index (χ1n) is 10.7. The highest BCUT2D eigenvalue weighted by Gasteiger charge is 2.43. The standard InChI is InChI=1S/C26H23FN4OS/c1-16-15-20(17(2)30(16)18-10-12-19(32)13-11-18)25-24(22-8-5-6-14-28-22)29-26(33)31(25)23-9-4-3-7-21(23)27/h3-15,24-25,32H,1-2H3,(H,29,33)/t24-,25+/m1/s1. The van der Waals surface area contributed by atoms with Crippen LogP contribution in [0.4, 0.5) is 10.1 Å². The van der Waals surface area contributed by atoms with Gasteiger partial charge in [-0.15, -0.1) is 0 Å². The topological polar surface area (TPSA) is 53.3 Å². The van der Waals surface area contributed by atoms with Gasteiger partial charge in [-0.1, -0.05) is 18.2 Å². The summed E-state index contributed by atoms with van der Waals surface area (Å²) in [7, 11) is 0. The van der Waals surface area contributed by atoms with Gasteiger partial charge in [0.15, 0.2) is 5.11 Å². The zero-order chi connectivity index (χ0) is 23.1. The van der Waals surface area contributed by atoms with E-state index < -0.39 is 0 Å². The number of aromatic hydroxyl groups is 1. The van der Waals surface area contributed by atoms with Gasteiger partial charge < -0.3 is 19.9 Å². The van der Waals surface area contributed by atoms with Crippen molar-refractivity contribution in [1.82, 2.24) is 14.9 Å². The van der Waals surface area contributed by atoms with Crippen LogP contribution in [0.25, 0.3) is 5.69 Å². The van der Waals surface area contributed by atoms with E-state index in [2.05, 4.69) is 20.9 Å². The molecule has 1 aliphatic heterocycles. The molecule has 0 saturated carbocycles. The number of nitrogens with one attached hydrogen (secondary N) is 1. The van der Waals surface area contributed by atoms with Crippen LogP contribution in [0.2, 0.25) is 0 Å². The predicted molar refractivity (Wildman–Crippen MR) is 131 cm³/mol. The van der Waals surface area contributed by atoms with Crippen LogP contribution in [-0.4, -0.2) is 19.8 Å². The predicted octanol–water partition coefficient (Wildman–Crippen LogP) is 5.51. The SMILES string of the molecule is Cc1cc([C@H]2[C@@H](c3ccccn3)NC(=S)N2c2ccccc2F)c(C)n1-c1ccc(O)cc1. The van der Waals surface area contributed by atoms with Gasteiger partial charge in [-0.2, -0.15) is 0 Å². The molecule has 0 radical (unpaired) electrons. The van der Waals surface area contributed by atoms with Gasteiger partial charge in [0.2, 0.25) is 0 Å². The molecule has 0 amide bonds. The summed E-state index contributed by atoms with van der Waals surface area (Å²) in [5.74, 6) is -0.117. The van der Waals surface area contributed by atoms with Gasteiger partial charge in [0.05, 0.1) is 23.5 Å². The molecule has 1 aliphatic rings. The van der Waals surface area contributed by atoms with Gasteiger partial charge in [-0.3, -0.25) is 4.98 Å². The van der Waals surface area contributed by atoms with Crippen LogP contribution in [0.3, 0.4) is 0 Å². The maximum absolute atomic E-state index is 14.9. The Labute approximate surface area is 197 Å². The van der Waals surface area contributed by atoms with Gasteiger partial charge in [0.25, 0.3) is 0 Å². The monoisotopic (exact) mass is 458 g/mol. The van der Waals surface area contributed by atoms with Crippen LogP contribution in [0.5, 0.6) is 5.75 Å². The number of para-hydroxylation sites is 1. The summed E-state index contributed by atoms with van der Waals surface area (Å²) in [4.78, 5) is 6.43. The van der Waals surface area contributed by atoms with Crippen LogP contribution in [0.1, 0.15) is 34.7 Å². The summed E-state index contributed by atoms with van der Waals surface area (Å²) in [6.45, 7) is 4.08. The van der Waals surface area contributed by atoms with E-state index in [1.807, 2.05) is 55.1 Å². The van der Waals surface area contributed by atoms with Gasteiger partial charge in [0, 0.05) is 23.3 Å². The Bertz CT molecular complexity index is 1320. The number of aryl methyl sites for hydroxylation is 1. The summed E-state index contributed by atoms with van der Waals surface area (Å²) in [5.41, 5.74) is 5.25. The number of halogens is 1. The molecule has 3 heterocycles. The molecule has 0 spiro atoms. The number of thiocarbonyl (C=S) groups is 1. The number of benzene rings is 2. The van der Waals surface area contributed by atoms with Crippen LogP contribution < -0.4 is 10.2 Å². The summed E-state index contributed by atoms with van der Waals surface area (Å²) in [6, 6.07) is 21.1. The first kappa shape index (κ1) is 21.2. The van der Waals surface area contributed by atoms with Crippen LogP contribution in [0.15, 0.2) is 79.0 Å². The lowest BCUT2D eigenvalue weighted by molar-refractivity contribution is 0.475. The van der Waals surface area contributed by atoms with Crippen LogP contribution >= 0.6 is 12.2 Å². The van der Waals surface area contributed by atoms with Crippen LogP contribution in [-0.2, 0) is 0 Å². The number of phenolic OH excluding ortho intramolecular Hbond substituents is 1. The maximum Gasteiger partial charge on any atom is 0.174 e. The van der Waals surface area contributed by atoms with E-state index in [9.17, 15) is 9.50 Å². The maximum atomic E-state index is 14.9. The highest BCUT2D eigenvalue weighted by Crippen LogP contribution is 2.44. The number of pyridine rings is 1. The Balaban J connectivity index is 1.69. The fourth-order valence-corrected chi connectivity index (χ4v) is 5.00. The minimum atomic E-state index is -0.333. The average molecular weight is 459 g/mol.